The number of aryl methyl sites for hydroxylation is 2. The second-order valence-corrected chi connectivity index (χ2v) is 8.34. The van der Waals surface area contributed by atoms with Gasteiger partial charge in [0.2, 0.25) is 0 Å². The van der Waals surface area contributed by atoms with Gasteiger partial charge in [-0.05, 0) is 44.9 Å². The van der Waals surface area contributed by atoms with Crippen molar-refractivity contribution in [3.05, 3.63) is 85.2 Å². The number of hydrazine groups is 1. The number of nitro benzene ring substituents is 1. The molecule has 0 radical (unpaired) electrons. The molecule has 3 N–H and O–H groups in total. The zero-order valence-corrected chi connectivity index (χ0v) is 19.9. The Morgan fingerprint density at radius 3 is 2.53 bits per heavy atom. The fraction of sp³-hybridized carbons (Fsp3) is 0.217. The molecule has 0 saturated carbocycles. The summed E-state index contributed by atoms with van der Waals surface area (Å²) >= 11 is 5.80. The average molecular weight is 514 g/mol. The molecule has 0 unspecified atom stereocenters. The molecule has 1 aliphatic carbocycles. The number of halogens is 1. The van der Waals surface area contributed by atoms with E-state index in [4.69, 9.17) is 20.4 Å². The highest BCUT2D eigenvalue weighted by Gasteiger charge is 2.28. The maximum absolute atomic E-state index is 12.7. The largest absolute Gasteiger partial charge is 0.469 e. The topological polar surface area (TPSA) is 169 Å². The normalized spacial score (nSPS) is 13.7. The standard InChI is InChI=1S/C23H20ClN5O7/c1-11-19-16(25-26-21(30)13-6-7-15(24)17(10-13)29(33)34)4-3-5-18(19)36-20(11)23(32)28-27-22(31)14-8-9-35-12(14)2/h6-10H,3-5H2,1-2H3,(H,26,30)(H,27,31)(H,28,32)/b25-16+. The van der Waals surface area contributed by atoms with Crippen LogP contribution < -0.4 is 16.3 Å². The predicted octanol–water partition coefficient (Wildman–Crippen LogP) is 3.60. The van der Waals surface area contributed by atoms with E-state index in [1.165, 1.54) is 24.5 Å². The van der Waals surface area contributed by atoms with Crippen LogP contribution in [0.5, 0.6) is 0 Å². The molecule has 36 heavy (non-hydrogen) atoms. The number of furan rings is 2. The first-order chi connectivity index (χ1) is 17.2. The molecule has 0 fully saturated rings. The van der Waals surface area contributed by atoms with Crippen molar-refractivity contribution < 1.29 is 28.1 Å². The third-order valence-corrected chi connectivity index (χ3v) is 5.94. The molecule has 3 aromatic rings. The van der Waals surface area contributed by atoms with E-state index in [2.05, 4.69) is 21.4 Å². The molecule has 1 aromatic carbocycles. The number of nitrogens with one attached hydrogen (secondary N) is 3. The van der Waals surface area contributed by atoms with Crippen LogP contribution in [0.4, 0.5) is 5.69 Å². The minimum Gasteiger partial charge on any atom is -0.469 e. The van der Waals surface area contributed by atoms with Crippen molar-refractivity contribution in [2.24, 2.45) is 5.10 Å². The summed E-state index contributed by atoms with van der Waals surface area (Å²) < 4.78 is 10.8. The van der Waals surface area contributed by atoms with E-state index in [0.717, 1.165) is 6.07 Å². The Morgan fingerprint density at radius 1 is 1.08 bits per heavy atom. The molecular weight excluding hydrogens is 494 g/mol. The van der Waals surface area contributed by atoms with Crippen molar-refractivity contribution in [2.75, 3.05) is 0 Å². The second-order valence-electron chi connectivity index (χ2n) is 7.93. The first-order valence-electron chi connectivity index (χ1n) is 10.8. The minimum atomic E-state index is -0.682. The lowest BCUT2D eigenvalue weighted by molar-refractivity contribution is -0.384. The molecule has 0 saturated heterocycles. The van der Waals surface area contributed by atoms with Crippen LogP contribution in [0.2, 0.25) is 5.02 Å². The van der Waals surface area contributed by atoms with Gasteiger partial charge in [-0.15, -0.1) is 0 Å². The summed E-state index contributed by atoms with van der Waals surface area (Å²) in [7, 11) is 0. The zero-order chi connectivity index (χ0) is 26.0. The van der Waals surface area contributed by atoms with Crippen LogP contribution in [0.15, 0.2) is 44.5 Å². The number of hydrogen-bond acceptors (Lipinski definition) is 8. The van der Waals surface area contributed by atoms with E-state index < -0.39 is 28.3 Å². The molecule has 12 nitrogen and oxygen atoms in total. The molecule has 0 spiro atoms. The number of carbonyl (C=O) groups excluding carboxylic acids is 3. The number of amides is 3. The number of rotatable bonds is 5. The van der Waals surface area contributed by atoms with Gasteiger partial charge in [0.25, 0.3) is 17.5 Å². The lowest BCUT2D eigenvalue weighted by Gasteiger charge is -2.13. The Bertz CT molecular complexity index is 1420. The van der Waals surface area contributed by atoms with E-state index in [1.54, 1.807) is 13.8 Å². The molecule has 0 aliphatic heterocycles. The fourth-order valence-corrected chi connectivity index (χ4v) is 4.02. The van der Waals surface area contributed by atoms with Gasteiger partial charge >= 0.3 is 5.91 Å². The number of benzene rings is 1. The second kappa shape index (κ2) is 10.0. The number of fused-ring (bicyclic) bond motifs is 1. The summed E-state index contributed by atoms with van der Waals surface area (Å²) in [6.45, 7) is 3.29. The van der Waals surface area contributed by atoms with Crippen LogP contribution in [0.3, 0.4) is 0 Å². The van der Waals surface area contributed by atoms with Crippen molar-refractivity contribution in [2.45, 2.75) is 33.1 Å². The Kier molecular flexibility index (Phi) is 6.88. The predicted molar refractivity (Wildman–Crippen MR) is 127 cm³/mol. The molecule has 186 valence electrons. The minimum absolute atomic E-state index is 0.00142. The highest BCUT2D eigenvalue weighted by atomic mass is 35.5. The number of hydrazone groups is 1. The monoisotopic (exact) mass is 513 g/mol. The highest BCUT2D eigenvalue weighted by molar-refractivity contribution is 6.32. The van der Waals surface area contributed by atoms with Crippen molar-refractivity contribution >= 4 is 40.7 Å². The Hall–Kier alpha value is -4.45. The molecule has 0 atom stereocenters. The SMILES string of the molecule is Cc1occc1C(=O)NNC(=O)c1oc2c(c1C)/C(=N/NC(=O)c1ccc(Cl)c([N+](=O)[O-])c1)CCC2. The van der Waals surface area contributed by atoms with Crippen molar-refractivity contribution in [3.8, 4) is 0 Å². The quantitative estimate of drug-likeness (QED) is 0.345. The van der Waals surface area contributed by atoms with E-state index in [9.17, 15) is 24.5 Å². The molecule has 4 rings (SSSR count). The number of nitro groups is 1. The van der Waals surface area contributed by atoms with Crippen molar-refractivity contribution in [1.29, 1.82) is 0 Å². The van der Waals surface area contributed by atoms with Gasteiger partial charge in [-0.3, -0.25) is 35.3 Å². The molecule has 0 bridgehead atoms. The summed E-state index contributed by atoms with van der Waals surface area (Å²) in [5, 5.41) is 15.2. The van der Waals surface area contributed by atoms with Gasteiger partial charge in [0.15, 0.2) is 5.76 Å². The Morgan fingerprint density at radius 2 is 1.83 bits per heavy atom. The lowest BCUT2D eigenvalue weighted by Crippen LogP contribution is -2.41. The van der Waals surface area contributed by atoms with Crippen molar-refractivity contribution in [3.63, 3.8) is 0 Å². The van der Waals surface area contributed by atoms with Crippen LogP contribution in [0.25, 0.3) is 0 Å². The van der Waals surface area contributed by atoms with Gasteiger partial charge in [-0.2, -0.15) is 5.10 Å². The van der Waals surface area contributed by atoms with E-state index in [1.807, 2.05) is 0 Å². The summed E-state index contributed by atoms with van der Waals surface area (Å²) in [5.41, 5.74) is 8.50. The van der Waals surface area contributed by atoms with E-state index in [0.29, 0.717) is 47.6 Å². The molecule has 2 heterocycles. The number of hydrogen-bond donors (Lipinski definition) is 3. The van der Waals surface area contributed by atoms with Crippen LogP contribution in [-0.2, 0) is 6.42 Å². The smallest absolute Gasteiger partial charge is 0.305 e. The summed E-state index contributed by atoms with van der Waals surface area (Å²) in [5.74, 6) is -0.938. The zero-order valence-electron chi connectivity index (χ0n) is 19.1. The van der Waals surface area contributed by atoms with Gasteiger partial charge in [0.1, 0.15) is 16.5 Å². The molecule has 13 heteroatoms. The maximum atomic E-state index is 12.7. The van der Waals surface area contributed by atoms with Crippen LogP contribution >= 0.6 is 11.6 Å². The highest BCUT2D eigenvalue weighted by Crippen LogP contribution is 2.30. The molecule has 2 aromatic heterocycles. The fourth-order valence-electron chi connectivity index (χ4n) is 3.83. The maximum Gasteiger partial charge on any atom is 0.305 e. The lowest BCUT2D eigenvalue weighted by atomic mass is 9.93. The van der Waals surface area contributed by atoms with Gasteiger partial charge in [0.05, 0.1) is 22.5 Å². The van der Waals surface area contributed by atoms with Crippen LogP contribution in [0.1, 0.15) is 66.8 Å². The van der Waals surface area contributed by atoms with Gasteiger partial charge in [-0.25, -0.2) is 5.43 Å². The summed E-state index contributed by atoms with van der Waals surface area (Å²) in [6.07, 6.45) is 3.09. The van der Waals surface area contributed by atoms with Gasteiger partial charge in [0, 0.05) is 29.2 Å². The third-order valence-electron chi connectivity index (χ3n) is 5.62. The summed E-state index contributed by atoms with van der Waals surface area (Å²) in [4.78, 5) is 47.9. The van der Waals surface area contributed by atoms with E-state index >= 15 is 0 Å². The first kappa shape index (κ1) is 24.7. The molecule has 1 aliphatic rings. The Labute approximate surface area is 208 Å². The first-order valence-corrected chi connectivity index (χ1v) is 11.1. The van der Waals surface area contributed by atoms with Crippen molar-refractivity contribution in [1.82, 2.24) is 16.3 Å². The molecular formula is C23H20ClN5O7. The Balaban J connectivity index is 1.50. The molecule has 3 amide bonds. The number of nitrogens with zero attached hydrogens (tertiary/aromatic N) is 2. The van der Waals surface area contributed by atoms with Crippen LogP contribution in [-0.4, -0.2) is 28.4 Å². The third kappa shape index (κ3) is 4.84. The van der Waals surface area contributed by atoms with Gasteiger partial charge < -0.3 is 8.83 Å². The average Bonchev–Trinajstić information content (AvgIpc) is 3.44. The van der Waals surface area contributed by atoms with Crippen LogP contribution in [0, 0.1) is 24.0 Å². The number of carbonyl (C=O) groups is 3. The van der Waals surface area contributed by atoms with E-state index in [-0.39, 0.29) is 21.9 Å². The van der Waals surface area contributed by atoms with Gasteiger partial charge in [-0.1, -0.05) is 11.6 Å². The summed E-state index contributed by atoms with van der Waals surface area (Å²) in [6, 6.07) is 5.15.